The highest BCUT2D eigenvalue weighted by atomic mass is 16.5. The number of aliphatic hydroxyl groups excluding tert-OH is 1. The fourth-order valence-electron chi connectivity index (χ4n) is 2.72. The van der Waals surface area contributed by atoms with E-state index >= 15 is 0 Å². The second-order valence-electron chi connectivity index (χ2n) is 4.10. The molecule has 2 aliphatic rings. The summed E-state index contributed by atoms with van der Waals surface area (Å²) in [5.41, 5.74) is -1.18. The van der Waals surface area contributed by atoms with Crippen molar-refractivity contribution < 1.29 is 29.6 Å². The Labute approximate surface area is 85.5 Å². The molecular formula is C9H12O6. The molecule has 6 nitrogen and oxygen atoms in total. The van der Waals surface area contributed by atoms with E-state index < -0.39 is 42.1 Å². The van der Waals surface area contributed by atoms with Crippen LogP contribution in [0.1, 0.15) is 12.8 Å². The SMILES string of the molecule is O=C(O)C1C2CCC(CO)(O2)C1C(=O)O. The first kappa shape index (κ1) is 10.4. The van der Waals surface area contributed by atoms with Crippen LogP contribution in [-0.2, 0) is 14.3 Å². The van der Waals surface area contributed by atoms with Crippen molar-refractivity contribution in [3.8, 4) is 0 Å². The van der Waals surface area contributed by atoms with E-state index in [1.165, 1.54) is 0 Å². The monoisotopic (exact) mass is 216 g/mol. The summed E-state index contributed by atoms with van der Waals surface area (Å²) in [6.45, 7) is -0.440. The van der Waals surface area contributed by atoms with E-state index in [-0.39, 0.29) is 0 Å². The molecule has 0 aromatic carbocycles. The van der Waals surface area contributed by atoms with Gasteiger partial charge in [0, 0.05) is 0 Å². The molecule has 6 heteroatoms. The fraction of sp³-hybridized carbons (Fsp3) is 0.778. The first-order chi connectivity index (χ1) is 7.02. The van der Waals surface area contributed by atoms with Crippen LogP contribution in [0.25, 0.3) is 0 Å². The Morgan fingerprint density at radius 1 is 1.33 bits per heavy atom. The normalized spacial score (nSPS) is 43.1. The molecule has 0 aromatic rings. The van der Waals surface area contributed by atoms with E-state index in [1.807, 2.05) is 0 Å². The zero-order chi connectivity index (χ0) is 11.2. The molecule has 2 bridgehead atoms. The number of aliphatic carboxylic acids is 2. The molecule has 2 rings (SSSR count). The molecule has 0 aliphatic carbocycles. The quantitative estimate of drug-likeness (QED) is 0.577. The number of carboxylic acid groups (broad SMARTS) is 2. The van der Waals surface area contributed by atoms with Gasteiger partial charge in [-0.05, 0) is 12.8 Å². The number of fused-ring (bicyclic) bond motifs is 2. The molecule has 0 spiro atoms. The van der Waals surface area contributed by atoms with Crippen molar-refractivity contribution in [2.24, 2.45) is 11.8 Å². The van der Waals surface area contributed by atoms with Gasteiger partial charge in [-0.3, -0.25) is 9.59 Å². The van der Waals surface area contributed by atoms with Crippen LogP contribution in [0.5, 0.6) is 0 Å². The summed E-state index contributed by atoms with van der Waals surface area (Å²) in [6.07, 6.45) is 0.340. The molecule has 0 saturated carbocycles. The zero-order valence-electron chi connectivity index (χ0n) is 7.92. The van der Waals surface area contributed by atoms with Crippen LogP contribution in [0.3, 0.4) is 0 Å². The highest BCUT2D eigenvalue weighted by molar-refractivity contribution is 5.82. The Bertz CT molecular complexity index is 314. The molecule has 2 heterocycles. The maximum Gasteiger partial charge on any atom is 0.310 e. The average molecular weight is 216 g/mol. The van der Waals surface area contributed by atoms with E-state index in [2.05, 4.69) is 0 Å². The van der Waals surface area contributed by atoms with Crippen molar-refractivity contribution in [2.45, 2.75) is 24.5 Å². The Balaban J connectivity index is 2.36. The van der Waals surface area contributed by atoms with Gasteiger partial charge in [0.25, 0.3) is 0 Å². The van der Waals surface area contributed by atoms with Crippen LogP contribution in [0.2, 0.25) is 0 Å². The number of aliphatic hydroxyl groups is 1. The van der Waals surface area contributed by atoms with E-state index in [0.29, 0.717) is 12.8 Å². The lowest BCUT2D eigenvalue weighted by molar-refractivity contribution is -0.157. The summed E-state index contributed by atoms with van der Waals surface area (Å²) in [5.74, 6) is -4.55. The minimum Gasteiger partial charge on any atom is -0.481 e. The summed E-state index contributed by atoms with van der Waals surface area (Å²) < 4.78 is 5.35. The van der Waals surface area contributed by atoms with Gasteiger partial charge in [0.05, 0.1) is 18.6 Å². The largest absolute Gasteiger partial charge is 0.481 e. The molecule has 3 N–H and O–H groups in total. The smallest absolute Gasteiger partial charge is 0.310 e. The van der Waals surface area contributed by atoms with Crippen LogP contribution in [0, 0.1) is 11.8 Å². The summed E-state index contributed by atoms with van der Waals surface area (Å²) in [7, 11) is 0. The van der Waals surface area contributed by atoms with Gasteiger partial charge in [0.1, 0.15) is 11.5 Å². The molecule has 15 heavy (non-hydrogen) atoms. The lowest BCUT2D eigenvalue weighted by atomic mass is 9.72. The molecule has 2 saturated heterocycles. The second-order valence-corrected chi connectivity index (χ2v) is 4.10. The second kappa shape index (κ2) is 3.18. The van der Waals surface area contributed by atoms with Crippen molar-refractivity contribution in [3.63, 3.8) is 0 Å². The summed E-state index contributed by atoms with van der Waals surface area (Å²) in [5, 5.41) is 27.1. The Hall–Kier alpha value is -1.14. The minimum absolute atomic E-state index is 0.412. The number of hydrogen-bond acceptors (Lipinski definition) is 4. The third-order valence-corrected chi connectivity index (χ3v) is 3.38. The van der Waals surface area contributed by atoms with Crippen LogP contribution in [0.4, 0.5) is 0 Å². The number of ether oxygens (including phenoxy) is 1. The van der Waals surface area contributed by atoms with Crippen LogP contribution in [0.15, 0.2) is 0 Å². The lowest BCUT2D eigenvalue weighted by Crippen LogP contribution is -2.47. The lowest BCUT2D eigenvalue weighted by Gasteiger charge is -2.30. The maximum atomic E-state index is 11.0. The Kier molecular flexibility index (Phi) is 2.20. The van der Waals surface area contributed by atoms with Gasteiger partial charge in [-0.2, -0.15) is 0 Å². The van der Waals surface area contributed by atoms with Gasteiger partial charge in [0.15, 0.2) is 0 Å². The van der Waals surface area contributed by atoms with Gasteiger partial charge in [-0.15, -0.1) is 0 Å². The molecule has 0 radical (unpaired) electrons. The third-order valence-electron chi connectivity index (χ3n) is 3.38. The standard InChI is InChI=1S/C9H12O6/c10-3-9-2-1-4(15-9)5(7(11)12)6(9)8(13)14/h4-6,10H,1-3H2,(H,11,12)(H,13,14). The van der Waals surface area contributed by atoms with E-state index in [1.54, 1.807) is 0 Å². The maximum absolute atomic E-state index is 11.0. The average Bonchev–Trinajstić information content (AvgIpc) is 2.72. The molecule has 0 amide bonds. The Morgan fingerprint density at radius 3 is 2.47 bits per heavy atom. The first-order valence-corrected chi connectivity index (χ1v) is 4.76. The molecule has 2 fully saturated rings. The molecule has 84 valence electrons. The molecule has 2 aliphatic heterocycles. The number of carboxylic acids is 2. The summed E-state index contributed by atoms with van der Waals surface area (Å²) in [6, 6.07) is 0. The predicted molar refractivity (Wildman–Crippen MR) is 46.2 cm³/mol. The predicted octanol–water partition coefficient (Wildman–Crippen LogP) is -0.688. The van der Waals surface area contributed by atoms with Crippen molar-refractivity contribution >= 4 is 11.9 Å². The first-order valence-electron chi connectivity index (χ1n) is 4.76. The van der Waals surface area contributed by atoms with Gasteiger partial charge >= 0.3 is 11.9 Å². The van der Waals surface area contributed by atoms with E-state index in [0.717, 1.165) is 0 Å². The van der Waals surface area contributed by atoms with Gasteiger partial charge in [-0.1, -0.05) is 0 Å². The molecule has 0 aromatic heterocycles. The van der Waals surface area contributed by atoms with Crippen molar-refractivity contribution in [2.75, 3.05) is 6.61 Å². The highest BCUT2D eigenvalue weighted by Gasteiger charge is 2.64. The van der Waals surface area contributed by atoms with Gasteiger partial charge < -0.3 is 20.1 Å². The van der Waals surface area contributed by atoms with Crippen LogP contribution >= 0.6 is 0 Å². The van der Waals surface area contributed by atoms with Crippen molar-refractivity contribution in [1.29, 1.82) is 0 Å². The number of carbonyl (C=O) groups is 2. The Morgan fingerprint density at radius 2 is 2.00 bits per heavy atom. The zero-order valence-corrected chi connectivity index (χ0v) is 7.92. The highest BCUT2D eigenvalue weighted by Crippen LogP contribution is 2.51. The number of hydrogen-bond donors (Lipinski definition) is 3. The van der Waals surface area contributed by atoms with E-state index in [9.17, 15) is 14.7 Å². The van der Waals surface area contributed by atoms with Crippen LogP contribution in [-0.4, -0.2) is 45.6 Å². The van der Waals surface area contributed by atoms with Gasteiger partial charge in [0.2, 0.25) is 0 Å². The summed E-state index contributed by atoms with van der Waals surface area (Å²) in [4.78, 5) is 22.0. The number of rotatable bonds is 3. The van der Waals surface area contributed by atoms with Crippen molar-refractivity contribution in [1.82, 2.24) is 0 Å². The fourth-order valence-corrected chi connectivity index (χ4v) is 2.72. The minimum atomic E-state index is -1.21. The van der Waals surface area contributed by atoms with Gasteiger partial charge in [-0.25, -0.2) is 0 Å². The third kappa shape index (κ3) is 1.25. The van der Waals surface area contributed by atoms with E-state index in [4.69, 9.17) is 14.9 Å². The topological polar surface area (TPSA) is 104 Å². The van der Waals surface area contributed by atoms with Crippen molar-refractivity contribution in [3.05, 3.63) is 0 Å². The van der Waals surface area contributed by atoms with Crippen LogP contribution < -0.4 is 0 Å². The molecule has 4 atom stereocenters. The summed E-state index contributed by atoms with van der Waals surface area (Å²) >= 11 is 0. The molecule has 4 unspecified atom stereocenters. The molecular weight excluding hydrogens is 204 g/mol.